The zero-order valence-electron chi connectivity index (χ0n) is 23.1. The van der Waals surface area contributed by atoms with Crippen molar-refractivity contribution in [1.29, 1.82) is 0 Å². The third kappa shape index (κ3) is 11.5. The number of carboxylic acid groups (broad SMARTS) is 2. The van der Waals surface area contributed by atoms with Gasteiger partial charge in [0.1, 0.15) is 6.61 Å². The monoisotopic (exact) mass is 583 g/mol. The summed E-state index contributed by atoms with van der Waals surface area (Å²) in [6.07, 6.45) is 3.38. The summed E-state index contributed by atoms with van der Waals surface area (Å²) in [5.74, 6) is -3.41. The molecule has 0 aliphatic rings. The lowest BCUT2D eigenvalue weighted by molar-refractivity contribution is -0.172. The molecule has 0 fully saturated rings. The molecule has 3 aromatic rings. The Balaban J connectivity index is 1.43. The summed E-state index contributed by atoms with van der Waals surface area (Å²) in [4.78, 5) is 35.7. The molecule has 0 aromatic heterocycles. The average molecular weight is 584 g/mol. The smallest absolute Gasteiger partial charge is 0.336 e. The zero-order valence-corrected chi connectivity index (χ0v) is 23.9. The highest BCUT2D eigenvalue weighted by atomic mass is 35.5. The van der Waals surface area contributed by atoms with Crippen LogP contribution < -0.4 is 5.32 Å². The molecule has 2 unspecified atom stereocenters. The number of carboxylic acids is 2. The molecule has 3 rings (SSSR count). The van der Waals surface area contributed by atoms with Gasteiger partial charge in [0.25, 0.3) is 5.91 Å². The van der Waals surface area contributed by atoms with Crippen molar-refractivity contribution in [2.45, 2.75) is 63.6 Å². The van der Waals surface area contributed by atoms with Crippen LogP contribution in [0, 0.1) is 0 Å². The number of fused-ring (bicyclic) bond motifs is 1. The van der Waals surface area contributed by atoms with Crippen LogP contribution in [0.15, 0.2) is 66.7 Å². The van der Waals surface area contributed by atoms with E-state index in [0.717, 1.165) is 44.1 Å². The second kappa shape index (κ2) is 17.4. The Hall–Kier alpha value is -3.46. The third-order valence-corrected chi connectivity index (χ3v) is 6.95. The van der Waals surface area contributed by atoms with Gasteiger partial charge in [0, 0.05) is 18.2 Å². The summed E-state index contributed by atoms with van der Waals surface area (Å²) >= 11 is 6.02. The van der Waals surface area contributed by atoms with Crippen molar-refractivity contribution in [3.8, 4) is 0 Å². The molecular weight excluding hydrogens is 546 g/mol. The molecular formula is C32H38ClNO7. The van der Waals surface area contributed by atoms with Crippen molar-refractivity contribution in [2.24, 2.45) is 0 Å². The summed E-state index contributed by atoms with van der Waals surface area (Å²) in [6.45, 7) is -0.362. The zero-order chi connectivity index (χ0) is 29.5. The normalized spacial score (nSPS) is 12.6. The van der Waals surface area contributed by atoms with Gasteiger partial charge in [-0.3, -0.25) is 4.79 Å². The van der Waals surface area contributed by atoms with Crippen molar-refractivity contribution in [1.82, 2.24) is 5.32 Å². The molecule has 0 aliphatic heterocycles. The highest BCUT2D eigenvalue weighted by Crippen LogP contribution is 2.18. The minimum Gasteiger partial charge on any atom is -0.480 e. The molecule has 3 N–H and O–H groups in total. The number of aryl methyl sites for hydroxylation is 2. The Bertz CT molecular complexity index is 1280. The summed E-state index contributed by atoms with van der Waals surface area (Å²) in [6, 6.07) is 22.3. The number of carbonyl (C=O) groups is 3. The van der Waals surface area contributed by atoms with Gasteiger partial charge in [-0.1, -0.05) is 79.0 Å². The Morgan fingerprint density at radius 1 is 0.732 bits per heavy atom. The van der Waals surface area contributed by atoms with Gasteiger partial charge in [0.05, 0.1) is 0 Å². The summed E-state index contributed by atoms with van der Waals surface area (Å²) in [5, 5.41) is 24.4. The molecule has 220 valence electrons. The van der Waals surface area contributed by atoms with Crippen LogP contribution in [-0.4, -0.2) is 60.0 Å². The van der Waals surface area contributed by atoms with E-state index in [4.69, 9.17) is 26.2 Å². The number of unbranched alkanes of at least 4 members (excludes halogenated alkanes) is 4. The highest BCUT2D eigenvalue weighted by molar-refractivity contribution is 6.30. The Morgan fingerprint density at radius 2 is 1.44 bits per heavy atom. The van der Waals surface area contributed by atoms with Crippen LogP contribution >= 0.6 is 11.6 Å². The van der Waals surface area contributed by atoms with E-state index in [0.29, 0.717) is 24.4 Å². The van der Waals surface area contributed by atoms with E-state index in [2.05, 4.69) is 35.6 Å². The fourth-order valence-electron chi connectivity index (χ4n) is 4.60. The number of aliphatic carboxylic acids is 2. The SMILES string of the molecule is O=C(O)COC(C(=O)O)C(OCCCCCc1cccc(Cl)c1)C(=O)NCCCCCc1ccc2ccccc2c1. The van der Waals surface area contributed by atoms with Crippen LogP contribution in [0.5, 0.6) is 0 Å². The highest BCUT2D eigenvalue weighted by Gasteiger charge is 2.36. The van der Waals surface area contributed by atoms with Crippen LogP contribution in [0.4, 0.5) is 0 Å². The largest absolute Gasteiger partial charge is 0.480 e. The molecule has 0 bridgehead atoms. The molecule has 1 amide bonds. The molecule has 8 nitrogen and oxygen atoms in total. The molecule has 0 saturated carbocycles. The van der Waals surface area contributed by atoms with Gasteiger partial charge in [-0.05, 0) is 72.6 Å². The first-order valence-corrected chi connectivity index (χ1v) is 14.4. The Labute approximate surface area is 245 Å². The minimum absolute atomic E-state index is 0.138. The fraction of sp³-hybridized carbons (Fsp3) is 0.406. The Kier molecular flexibility index (Phi) is 13.6. The molecule has 0 spiro atoms. The maximum absolute atomic E-state index is 12.9. The first-order chi connectivity index (χ1) is 19.8. The molecule has 41 heavy (non-hydrogen) atoms. The fourth-order valence-corrected chi connectivity index (χ4v) is 4.81. The second-order valence-electron chi connectivity index (χ2n) is 9.98. The van der Waals surface area contributed by atoms with Crippen LogP contribution in [-0.2, 0) is 36.7 Å². The lowest BCUT2D eigenvalue weighted by Crippen LogP contribution is -2.49. The summed E-state index contributed by atoms with van der Waals surface area (Å²) in [5.41, 5.74) is 2.38. The first-order valence-electron chi connectivity index (χ1n) is 14.0. The third-order valence-electron chi connectivity index (χ3n) is 6.71. The molecule has 3 aromatic carbocycles. The number of nitrogens with one attached hydrogen (secondary N) is 1. The number of amides is 1. The second-order valence-corrected chi connectivity index (χ2v) is 10.4. The summed E-state index contributed by atoms with van der Waals surface area (Å²) in [7, 11) is 0. The van der Waals surface area contributed by atoms with E-state index in [1.165, 1.54) is 16.3 Å². The average Bonchev–Trinajstić information content (AvgIpc) is 2.95. The van der Waals surface area contributed by atoms with Crippen molar-refractivity contribution < 1.29 is 34.1 Å². The maximum atomic E-state index is 12.9. The standard InChI is InChI=1S/C32H38ClNO7/c33-27-15-9-12-23(21-27)10-4-2-8-19-40-29(30(32(38)39)41-22-28(35)36)31(37)34-18-7-1-3-11-24-16-17-25-13-5-6-14-26(25)20-24/h5-6,9,12-17,20-21,29-30H,1-4,7-8,10-11,18-19,22H2,(H,34,37)(H,35,36)(H,38,39). The number of rotatable bonds is 19. The summed E-state index contributed by atoms with van der Waals surface area (Å²) < 4.78 is 10.7. The number of hydrogen-bond acceptors (Lipinski definition) is 5. The lowest BCUT2D eigenvalue weighted by Gasteiger charge is -2.23. The van der Waals surface area contributed by atoms with Gasteiger partial charge >= 0.3 is 11.9 Å². The Morgan fingerprint density at radius 3 is 2.15 bits per heavy atom. The topological polar surface area (TPSA) is 122 Å². The van der Waals surface area contributed by atoms with Gasteiger partial charge in [-0.15, -0.1) is 0 Å². The van der Waals surface area contributed by atoms with E-state index >= 15 is 0 Å². The number of carbonyl (C=O) groups excluding carboxylic acids is 1. The van der Waals surface area contributed by atoms with E-state index in [1.807, 2.05) is 36.4 Å². The van der Waals surface area contributed by atoms with E-state index in [1.54, 1.807) is 0 Å². The van der Waals surface area contributed by atoms with Gasteiger partial charge < -0.3 is 25.0 Å². The van der Waals surface area contributed by atoms with Gasteiger partial charge in [-0.25, -0.2) is 9.59 Å². The molecule has 0 aliphatic carbocycles. The number of benzene rings is 3. The van der Waals surface area contributed by atoms with Crippen molar-refractivity contribution in [3.05, 3.63) is 82.9 Å². The van der Waals surface area contributed by atoms with Crippen LogP contribution in [0.1, 0.15) is 49.7 Å². The van der Waals surface area contributed by atoms with Crippen molar-refractivity contribution in [2.75, 3.05) is 19.8 Å². The number of halogens is 1. The van der Waals surface area contributed by atoms with Gasteiger partial charge in [0.15, 0.2) is 12.2 Å². The quantitative estimate of drug-likeness (QED) is 0.155. The molecule has 9 heteroatoms. The predicted molar refractivity (Wildman–Crippen MR) is 158 cm³/mol. The van der Waals surface area contributed by atoms with E-state index in [-0.39, 0.29) is 6.61 Å². The lowest BCUT2D eigenvalue weighted by atomic mass is 10.0. The van der Waals surface area contributed by atoms with Crippen LogP contribution in [0.25, 0.3) is 10.8 Å². The van der Waals surface area contributed by atoms with E-state index in [9.17, 15) is 19.5 Å². The number of ether oxygens (including phenoxy) is 2. The van der Waals surface area contributed by atoms with Crippen LogP contribution in [0.3, 0.4) is 0 Å². The molecule has 0 radical (unpaired) electrons. The molecule has 0 saturated heterocycles. The van der Waals surface area contributed by atoms with Gasteiger partial charge in [0.2, 0.25) is 0 Å². The number of hydrogen-bond donors (Lipinski definition) is 3. The van der Waals surface area contributed by atoms with Crippen LogP contribution in [0.2, 0.25) is 5.02 Å². The van der Waals surface area contributed by atoms with Crippen molar-refractivity contribution in [3.63, 3.8) is 0 Å². The maximum Gasteiger partial charge on any atom is 0.336 e. The van der Waals surface area contributed by atoms with Crippen molar-refractivity contribution >= 4 is 40.2 Å². The first kappa shape index (κ1) is 32.1. The molecule has 0 heterocycles. The minimum atomic E-state index is -1.73. The molecule has 2 atom stereocenters. The predicted octanol–water partition coefficient (Wildman–Crippen LogP) is 5.67. The van der Waals surface area contributed by atoms with E-state index < -0.39 is 36.7 Å². The van der Waals surface area contributed by atoms with Gasteiger partial charge in [-0.2, -0.15) is 0 Å².